The zero-order chi connectivity index (χ0) is 16.2. The molecule has 0 aliphatic carbocycles. The van der Waals surface area contributed by atoms with Crippen LogP contribution in [0.5, 0.6) is 0 Å². The summed E-state index contributed by atoms with van der Waals surface area (Å²) in [4.78, 5) is 16.2. The van der Waals surface area contributed by atoms with Gasteiger partial charge in [0.15, 0.2) is 0 Å². The highest BCUT2D eigenvalue weighted by Crippen LogP contribution is 2.27. The highest BCUT2D eigenvalue weighted by atomic mass is 35.5. The number of esters is 1. The van der Waals surface area contributed by atoms with Crippen LogP contribution in [0, 0.1) is 0 Å². The van der Waals surface area contributed by atoms with Crippen molar-refractivity contribution >= 4 is 39.8 Å². The number of hydrogen-bond donors (Lipinski definition) is 1. The predicted octanol–water partition coefficient (Wildman–Crippen LogP) is 4.81. The molecule has 0 radical (unpaired) electrons. The molecule has 1 aromatic heterocycles. The third-order valence-corrected chi connectivity index (χ3v) is 3.60. The maximum Gasteiger partial charge on any atom is 0.338 e. The summed E-state index contributed by atoms with van der Waals surface area (Å²) in [6.07, 6.45) is 1.73. The van der Waals surface area contributed by atoms with Crippen LogP contribution in [-0.4, -0.2) is 17.6 Å². The molecule has 0 unspecified atom stereocenters. The molecule has 0 amide bonds. The number of pyridine rings is 1. The number of hydrogen-bond acceptors (Lipinski definition) is 4. The number of carbonyl (C=O) groups excluding carboxylic acids is 1. The van der Waals surface area contributed by atoms with E-state index in [1.807, 2.05) is 30.3 Å². The molecule has 0 saturated carbocycles. The molecule has 23 heavy (non-hydrogen) atoms. The summed E-state index contributed by atoms with van der Waals surface area (Å²) >= 11 is 6.08. The van der Waals surface area contributed by atoms with Crippen molar-refractivity contribution in [3.63, 3.8) is 0 Å². The number of ether oxygens (including phenoxy) is 1. The Bertz CT molecular complexity index is 865. The number of aromatic nitrogens is 1. The molecule has 0 saturated heterocycles. The van der Waals surface area contributed by atoms with Crippen LogP contribution >= 0.6 is 11.6 Å². The van der Waals surface area contributed by atoms with Gasteiger partial charge in [0.1, 0.15) is 5.82 Å². The molecule has 3 rings (SSSR count). The number of benzene rings is 2. The maximum absolute atomic E-state index is 11.8. The fourth-order valence-corrected chi connectivity index (χ4v) is 2.49. The predicted molar refractivity (Wildman–Crippen MR) is 92.4 cm³/mol. The molecular formula is C18H15ClN2O2. The molecule has 5 heteroatoms. The van der Waals surface area contributed by atoms with Crippen LogP contribution in [0.1, 0.15) is 17.3 Å². The lowest BCUT2D eigenvalue weighted by Gasteiger charge is -2.10. The monoisotopic (exact) mass is 326 g/mol. The van der Waals surface area contributed by atoms with Gasteiger partial charge in [0.05, 0.1) is 12.2 Å². The molecule has 0 bridgehead atoms. The van der Waals surface area contributed by atoms with Crippen LogP contribution in [0.25, 0.3) is 10.8 Å². The number of nitrogens with zero attached hydrogens (tertiary/aromatic N) is 1. The normalized spacial score (nSPS) is 10.5. The Kier molecular flexibility index (Phi) is 4.44. The Morgan fingerprint density at radius 3 is 2.91 bits per heavy atom. The highest BCUT2D eigenvalue weighted by molar-refractivity contribution is 6.31. The summed E-state index contributed by atoms with van der Waals surface area (Å²) < 4.78 is 5.02. The first-order chi connectivity index (χ1) is 11.2. The second-order valence-electron chi connectivity index (χ2n) is 4.95. The number of rotatable bonds is 4. The van der Waals surface area contributed by atoms with Gasteiger partial charge in [-0.05, 0) is 48.7 Å². The third-order valence-electron chi connectivity index (χ3n) is 3.36. The molecule has 0 atom stereocenters. The molecule has 116 valence electrons. The standard InChI is InChI=1S/C18H15ClN2O2/c1-2-23-18(22)13-4-3-5-15(10-13)21-17-16-11-14(19)7-6-12(16)8-9-20-17/h3-11H,2H2,1H3,(H,20,21). The minimum Gasteiger partial charge on any atom is -0.462 e. The Hall–Kier alpha value is -2.59. The van der Waals surface area contributed by atoms with Crippen molar-refractivity contribution in [3.8, 4) is 0 Å². The largest absolute Gasteiger partial charge is 0.462 e. The number of halogens is 1. The van der Waals surface area contributed by atoms with Crippen LogP contribution in [0.4, 0.5) is 11.5 Å². The molecule has 0 fully saturated rings. The van der Waals surface area contributed by atoms with E-state index in [9.17, 15) is 4.79 Å². The van der Waals surface area contributed by atoms with Gasteiger partial charge in [-0.3, -0.25) is 0 Å². The molecule has 0 aliphatic rings. The summed E-state index contributed by atoms with van der Waals surface area (Å²) in [5.74, 6) is 0.344. The fourth-order valence-electron chi connectivity index (χ4n) is 2.32. The lowest BCUT2D eigenvalue weighted by molar-refractivity contribution is 0.0526. The molecular weight excluding hydrogens is 312 g/mol. The van der Waals surface area contributed by atoms with E-state index in [0.29, 0.717) is 23.0 Å². The minimum absolute atomic E-state index is 0.343. The van der Waals surface area contributed by atoms with Gasteiger partial charge in [0, 0.05) is 22.3 Å². The van der Waals surface area contributed by atoms with E-state index < -0.39 is 0 Å². The average molecular weight is 327 g/mol. The topological polar surface area (TPSA) is 51.2 Å². The van der Waals surface area contributed by atoms with Gasteiger partial charge in [-0.1, -0.05) is 23.7 Å². The van der Waals surface area contributed by atoms with Crippen molar-refractivity contribution in [2.45, 2.75) is 6.92 Å². The first-order valence-electron chi connectivity index (χ1n) is 7.26. The van der Waals surface area contributed by atoms with Crippen LogP contribution in [0.2, 0.25) is 5.02 Å². The van der Waals surface area contributed by atoms with E-state index in [4.69, 9.17) is 16.3 Å². The van der Waals surface area contributed by atoms with E-state index >= 15 is 0 Å². The van der Waals surface area contributed by atoms with E-state index in [1.54, 1.807) is 31.3 Å². The SMILES string of the molecule is CCOC(=O)c1cccc(Nc2nccc3ccc(Cl)cc23)c1. The van der Waals surface area contributed by atoms with Crippen molar-refractivity contribution in [3.05, 3.63) is 65.3 Å². The Labute approximate surface area is 139 Å². The Balaban J connectivity index is 1.95. The van der Waals surface area contributed by atoms with Crippen molar-refractivity contribution in [2.24, 2.45) is 0 Å². The number of anilines is 2. The Morgan fingerprint density at radius 1 is 1.22 bits per heavy atom. The van der Waals surface area contributed by atoms with Gasteiger partial charge in [-0.2, -0.15) is 0 Å². The number of carbonyl (C=O) groups is 1. The van der Waals surface area contributed by atoms with Crippen molar-refractivity contribution < 1.29 is 9.53 Å². The number of nitrogens with one attached hydrogen (secondary N) is 1. The molecule has 0 spiro atoms. The molecule has 0 aliphatic heterocycles. The van der Waals surface area contributed by atoms with Gasteiger partial charge in [0.2, 0.25) is 0 Å². The number of fused-ring (bicyclic) bond motifs is 1. The van der Waals surface area contributed by atoms with Crippen molar-refractivity contribution in [1.29, 1.82) is 0 Å². The van der Waals surface area contributed by atoms with E-state index in [-0.39, 0.29) is 5.97 Å². The smallest absolute Gasteiger partial charge is 0.338 e. The highest BCUT2D eigenvalue weighted by Gasteiger charge is 2.08. The first-order valence-corrected chi connectivity index (χ1v) is 7.63. The van der Waals surface area contributed by atoms with Gasteiger partial charge >= 0.3 is 5.97 Å². The third kappa shape index (κ3) is 3.43. The summed E-state index contributed by atoms with van der Waals surface area (Å²) in [5.41, 5.74) is 1.26. The lowest BCUT2D eigenvalue weighted by Crippen LogP contribution is -2.05. The van der Waals surface area contributed by atoms with E-state index in [2.05, 4.69) is 10.3 Å². The van der Waals surface area contributed by atoms with Crippen molar-refractivity contribution in [2.75, 3.05) is 11.9 Å². The maximum atomic E-state index is 11.8. The van der Waals surface area contributed by atoms with Gasteiger partial charge < -0.3 is 10.1 Å². The average Bonchev–Trinajstić information content (AvgIpc) is 2.56. The fraction of sp³-hybridized carbons (Fsp3) is 0.111. The Morgan fingerprint density at radius 2 is 2.09 bits per heavy atom. The van der Waals surface area contributed by atoms with Crippen LogP contribution in [0.15, 0.2) is 54.7 Å². The zero-order valence-electron chi connectivity index (χ0n) is 12.5. The molecule has 1 N–H and O–H groups in total. The summed E-state index contributed by atoms with van der Waals surface area (Å²) in [6.45, 7) is 2.13. The van der Waals surface area contributed by atoms with Gasteiger partial charge in [-0.25, -0.2) is 9.78 Å². The zero-order valence-corrected chi connectivity index (χ0v) is 13.3. The molecule has 1 heterocycles. The second-order valence-corrected chi connectivity index (χ2v) is 5.39. The summed E-state index contributed by atoms with van der Waals surface area (Å²) in [6, 6.07) is 14.7. The lowest BCUT2D eigenvalue weighted by atomic mass is 10.1. The van der Waals surface area contributed by atoms with Crippen LogP contribution in [0.3, 0.4) is 0 Å². The minimum atomic E-state index is -0.343. The molecule has 4 nitrogen and oxygen atoms in total. The van der Waals surface area contributed by atoms with Gasteiger partial charge in [0.25, 0.3) is 0 Å². The van der Waals surface area contributed by atoms with Crippen molar-refractivity contribution in [1.82, 2.24) is 4.98 Å². The van der Waals surface area contributed by atoms with E-state index in [0.717, 1.165) is 16.5 Å². The van der Waals surface area contributed by atoms with Gasteiger partial charge in [-0.15, -0.1) is 0 Å². The molecule has 3 aromatic rings. The van der Waals surface area contributed by atoms with E-state index in [1.165, 1.54) is 0 Å². The quantitative estimate of drug-likeness (QED) is 0.699. The van der Waals surface area contributed by atoms with Crippen LogP contribution < -0.4 is 5.32 Å². The summed E-state index contributed by atoms with van der Waals surface area (Å²) in [5, 5.41) is 5.83. The molecule has 2 aromatic carbocycles. The van der Waals surface area contributed by atoms with Crippen LogP contribution in [-0.2, 0) is 4.74 Å². The second kappa shape index (κ2) is 6.67. The first kappa shape index (κ1) is 15.3. The summed E-state index contributed by atoms with van der Waals surface area (Å²) in [7, 11) is 0.